The van der Waals surface area contributed by atoms with Crippen LogP contribution in [-0.4, -0.2) is 63.5 Å². The van der Waals surface area contributed by atoms with Crippen molar-refractivity contribution >= 4 is 5.91 Å². The number of carbonyl (C=O) groups excluding carboxylic acids is 1. The molecule has 2 saturated heterocycles. The highest BCUT2D eigenvalue weighted by atomic mass is 16.5. The number of nitrogens with zero attached hydrogens (tertiary/aromatic N) is 1. The molecule has 0 aliphatic carbocycles. The highest BCUT2D eigenvalue weighted by Gasteiger charge is 2.50. The Hall–Kier alpha value is -1.79. The van der Waals surface area contributed by atoms with Crippen molar-refractivity contribution in [1.29, 1.82) is 0 Å². The fraction of sp³-hybridized carbons (Fsp3) is 0.611. The maximum absolute atomic E-state index is 12.2. The summed E-state index contributed by atoms with van der Waals surface area (Å²) in [7, 11) is 3.34. The van der Waals surface area contributed by atoms with Crippen LogP contribution >= 0.6 is 0 Å². The summed E-state index contributed by atoms with van der Waals surface area (Å²) in [4.78, 5) is 14.0. The Kier molecular flexibility index (Phi) is 5.26. The van der Waals surface area contributed by atoms with Gasteiger partial charge in [-0.05, 0) is 43.0 Å². The predicted octanol–water partition coefficient (Wildman–Crippen LogP) is 1.73. The van der Waals surface area contributed by atoms with Crippen molar-refractivity contribution in [2.45, 2.75) is 18.4 Å². The van der Waals surface area contributed by atoms with Gasteiger partial charge < -0.3 is 23.8 Å². The summed E-state index contributed by atoms with van der Waals surface area (Å²) < 4.78 is 21.7. The second-order valence-corrected chi connectivity index (χ2v) is 6.56. The molecule has 1 aromatic carbocycles. The lowest BCUT2D eigenvalue weighted by Gasteiger charge is -2.47. The lowest BCUT2D eigenvalue weighted by Crippen LogP contribution is -2.64. The standard InChI is InChI=1S/C18H25NO5/c1-21-8-7-14-9-18(24-10-14)12-19(13-18)17(20)11-23-16-5-3-15(22-2)4-6-16/h3-6,14H,7-13H2,1-2H3. The molecule has 3 rings (SSSR count). The predicted molar refractivity (Wildman–Crippen MR) is 88.4 cm³/mol. The zero-order chi connectivity index (χ0) is 17.0. The minimum absolute atomic E-state index is 0.000356. The normalized spacial score (nSPS) is 21.6. The van der Waals surface area contributed by atoms with Gasteiger partial charge in [-0.3, -0.25) is 4.79 Å². The molecule has 1 atom stereocenters. The molecule has 24 heavy (non-hydrogen) atoms. The van der Waals surface area contributed by atoms with Crippen LogP contribution in [0.5, 0.6) is 11.5 Å². The smallest absolute Gasteiger partial charge is 0.260 e. The molecule has 0 N–H and O–H groups in total. The first kappa shape index (κ1) is 17.0. The van der Waals surface area contributed by atoms with Gasteiger partial charge in [0.1, 0.15) is 17.1 Å². The molecule has 0 bridgehead atoms. The zero-order valence-corrected chi connectivity index (χ0v) is 14.3. The molecule has 0 radical (unpaired) electrons. The van der Waals surface area contributed by atoms with Crippen molar-refractivity contribution in [2.75, 3.05) is 47.1 Å². The lowest BCUT2D eigenvalue weighted by molar-refractivity contribution is -0.159. The molecule has 2 fully saturated rings. The number of benzene rings is 1. The monoisotopic (exact) mass is 335 g/mol. The van der Waals surface area contributed by atoms with E-state index in [1.807, 2.05) is 17.0 Å². The van der Waals surface area contributed by atoms with Gasteiger partial charge in [0.2, 0.25) is 0 Å². The van der Waals surface area contributed by atoms with Gasteiger partial charge in [0.25, 0.3) is 5.91 Å². The summed E-state index contributed by atoms with van der Waals surface area (Å²) >= 11 is 0. The summed E-state index contributed by atoms with van der Waals surface area (Å²) in [5, 5.41) is 0. The van der Waals surface area contributed by atoms with Gasteiger partial charge in [0, 0.05) is 13.7 Å². The molecule has 2 aliphatic heterocycles. The zero-order valence-electron chi connectivity index (χ0n) is 14.3. The van der Waals surface area contributed by atoms with E-state index in [4.69, 9.17) is 18.9 Å². The largest absolute Gasteiger partial charge is 0.497 e. The molecule has 0 aromatic heterocycles. The van der Waals surface area contributed by atoms with Crippen molar-refractivity contribution in [3.63, 3.8) is 0 Å². The minimum atomic E-state index is -0.131. The van der Waals surface area contributed by atoms with E-state index in [1.54, 1.807) is 26.4 Å². The van der Waals surface area contributed by atoms with E-state index < -0.39 is 0 Å². The number of carbonyl (C=O) groups is 1. The van der Waals surface area contributed by atoms with Crippen LogP contribution in [0.3, 0.4) is 0 Å². The van der Waals surface area contributed by atoms with Crippen LogP contribution in [0.25, 0.3) is 0 Å². The number of likely N-dealkylation sites (tertiary alicyclic amines) is 1. The molecule has 1 amide bonds. The van der Waals surface area contributed by atoms with Crippen LogP contribution in [0.1, 0.15) is 12.8 Å². The van der Waals surface area contributed by atoms with E-state index in [9.17, 15) is 4.79 Å². The summed E-state index contributed by atoms with van der Waals surface area (Å²) in [6.45, 7) is 2.92. The van der Waals surface area contributed by atoms with E-state index in [1.165, 1.54) is 0 Å². The Morgan fingerprint density at radius 1 is 1.25 bits per heavy atom. The van der Waals surface area contributed by atoms with Crippen molar-refractivity contribution < 1.29 is 23.7 Å². The first-order chi connectivity index (χ1) is 11.6. The van der Waals surface area contributed by atoms with E-state index in [0.717, 1.165) is 31.8 Å². The Balaban J connectivity index is 1.40. The number of rotatable bonds is 7. The molecule has 6 nitrogen and oxygen atoms in total. The van der Waals surface area contributed by atoms with Gasteiger partial charge in [0.15, 0.2) is 6.61 Å². The van der Waals surface area contributed by atoms with Crippen LogP contribution in [0.2, 0.25) is 0 Å². The van der Waals surface area contributed by atoms with Crippen molar-refractivity contribution in [1.82, 2.24) is 4.90 Å². The fourth-order valence-electron chi connectivity index (χ4n) is 3.36. The molecule has 2 heterocycles. The number of amides is 1. The number of hydrogen-bond donors (Lipinski definition) is 0. The van der Waals surface area contributed by atoms with Gasteiger partial charge in [-0.2, -0.15) is 0 Å². The Labute approximate surface area is 142 Å². The molecule has 2 aliphatic rings. The summed E-state index contributed by atoms with van der Waals surface area (Å²) in [6, 6.07) is 7.21. The number of ether oxygens (including phenoxy) is 4. The van der Waals surface area contributed by atoms with Crippen molar-refractivity contribution in [2.24, 2.45) is 5.92 Å². The molecular formula is C18H25NO5. The molecule has 6 heteroatoms. The van der Waals surface area contributed by atoms with E-state index >= 15 is 0 Å². The van der Waals surface area contributed by atoms with Crippen LogP contribution in [0.4, 0.5) is 0 Å². The van der Waals surface area contributed by atoms with E-state index in [-0.39, 0.29) is 18.1 Å². The van der Waals surface area contributed by atoms with Crippen LogP contribution in [-0.2, 0) is 14.3 Å². The Morgan fingerprint density at radius 2 is 1.96 bits per heavy atom. The van der Waals surface area contributed by atoms with Gasteiger partial charge in [-0.15, -0.1) is 0 Å². The molecule has 1 aromatic rings. The van der Waals surface area contributed by atoms with Crippen molar-refractivity contribution in [3.05, 3.63) is 24.3 Å². The Bertz CT molecular complexity index is 553. The third-order valence-electron chi connectivity index (χ3n) is 4.75. The molecule has 132 valence electrons. The van der Waals surface area contributed by atoms with Gasteiger partial charge in [-0.25, -0.2) is 0 Å². The number of hydrogen-bond acceptors (Lipinski definition) is 5. The van der Waals surface area contributed by atoms with E-state index in [0.29, 0.717) is 24.8 Å². The quantitative estimate of drug-likeness (QED) is 0.759. The van der Waals surface area contributed by atoms with E-state index in [2.05, 4.69) is 0 Å². The minimum Gasteiger partial charge on any atom is -0.497 e. The second-order valence-electron chi connectivity index (χ2n) is 6.56. The number of methoxy groups -OCH3 is 2. The van der Waals surface area contributed by atoms with Crippen LogP contribution in [0.15, 0.2) is 24.3 Å². The van der Waals surface area contributed by atoms with Crippen molar-refractivity contribution in [3.8, 4) is 11.5 Å². The maximum Gasteiger partial charge on any atom is 0.260 e. The second kappa shape index (κ2) is 7.40. The Morgan fingerprint density at radius 3 is 2.62 bits per heavy atom. The van der Waals surface area contributed by atoms with Crippen LogP contribution in [0, 0.1) is 5.92 Å². The molecule has 1 unspecified atom stereocenters. The maximum atomic E-state index is 12.2. The topological polar surface area (TPSA) is 57.2 Å². The first-order valence-electron chi connectivity index (χ1n) is 8.32. The third kappa shape index (κ3) is 3.82. The lowest BCUT2D eigenvalue weighted by atomic mass is 9.86. The van der Waals surface area contributed by atoms with Crippen LogP contribution < -0.4 is 9.47 Å². The average Bonchev–Trinajstić information content (AvgIpc) is 3.01. The van der Waals surface area contributed by atoms with Gasteiger partial charge in [0.05, 0.1) is 26.8 Å². The first-order valence-corrected chi connectivity index (χ1v) is 8.32. The van der Waals surface area contributed by atoms with Gasteiger partial charge in [-0.1, -0.05) is 0 Å². The molecular weight excluding hydrogens is 310 g/mol. The molecule has 0 saturated carbocycles. The summed E-state index contributed by atoms with van der Waals surface area (Å²) in [5.41, 5.74) is -0.131. The SMILES string of the molecule is COCCC1COC2(C1)CN(C(=O)COc1ccc(OC)cc1)C2. The summed E-state index contributed by atoms with van der Waals surface area (Å²) in [5.74, 6) is 1.97. The third-order valence-corrected chi connectivity index (χ3v) is 4.75. The molecule has 1 spiro atoms. The average molecular weight is 335 g/mol. The summed E-state index contributed by atoms with van der Waals surface area (Å²) in [6.07, 6.45) is 2.03. The van der Waals surface area contributed by atoms with Gasteiger partial charge >= 0.3 is 0 Å². The fourth-order valence-corrected chi connectivity index (χ4v) is 3.36. The highest BCUT2D eigenvalue weighted by molar-refractivity contribution is 5.79. The highest BCUT2D eigenvalue weighted by Crippen LogP contribution is 2.39.